The second-order valence-electron chi connectivity index (χ2n) is 5.91. The predicted octanol–water partition coefficient (Wildman–Crippen LogP) is 3.00. The molecule has 2 atom stereocenters. The minimum absolute atomic E-state index is 0.576. The van der Waals surface area contributed by atoms with Crippen LogP contribution in [0.2, 0.25) is 0 Å². The summed E-state index contributed by atoms with van der Waals surface area (Å²) in [5.74, 6) is 1.50. The Morgan fingerprint density at radius 3 is 2.67 bits per heavy atom. The molecule has 0 bridgehead atoms. The highest BCUT2D eigenvalue weighted by molar-refractivity contribution is 9.09. The second kappa shape index (κ2) is 6.23. The van der Waals surface area contributed by atoms with Crippen LogP contribution in [0.4, 0.5) is 0 Å². The summed E-state index contributed by atoms with van der Waals surface area (Å²) < 4.78 is 24.7. The summed E-state index contributed by atoms with van der Waals surface area (Å²) in [6.07, 6.45) is 10.00. The number of hydrogen-bond acceptors (Lipinski definition) is 2. The largest absolute Gasteiger partial charge is 0.213 e. The minimum Gasteiger partial charge on any atom is -0.213 e. The van der Waals surface area contributed by atoms with Crippen molar-refractivity contribution < 1.29 is 8.42 Å². The van der Waals surface area contributed by atoms with E-state index in [1.165, 1.54) is 44.8 Å². The molecule has 1 aliphatic carbocycles. The molecule has 0 amide bonds. The van der Waals surface area contributed by atoms with E-state index in [2.05, 4.69) is 15.9 Å². The first-order valence-corrected chi connectivity index (χ1v) is 9.82. The van der Waals surface area contributed by atoms with E-state index in [1.807, 2.05) is 0 Å². The fourth-order valence-corrected chi connectivity index (χ4v) is 4.65. The molecule has 2 rings (SSSR count). The number of alkyl halides is 1. The quantitative estimate of drug-likeness (QED) is 0.698. The van der Waals surface area contributed by atoms with Crippen LogP contribution in [0.3, 0.4) is 0 Å². The lowest BCUT2D eigenvalue weighted by atomic mass is 9.93. The SMILES string of the molecule is CS(=O)(=O)N1CCCC(CCCC(Br)C2CC2)C1. The summed E-state index contributed by atoms with van der Waals surface area (Å²) in [6.45, 7) is 1.47. The molecule has 1 aliphatic heterocycles. The normalized spacial score (nSPS) is 28.2. The van der Waals surface area contributed by atoms with Gasteiger partial charge in [0.1, 0.15) is 0 Å². The summed E-state index contributed by atoms with van der Waals surface area (Å²) in [5.41, 5.74) is 0. The molecular formula is C13H24BrNO2S. The van der Waals surface area contributed by atoms with Crippen molar-refractivity contribution in [1.29, 1.82) is 0 Å². The van der Waals surface area contributed by atoms with Crippen LogP contribution in [0.25, 0.3) is 0 Å². The first kappa shape index (κ1) is 14.8. The van der Waals surface area contributed by atoms with Crippen molar-refractivity contribution in [3.8, 4) is 0 Å². The van der Waals surface area contributed by atoms with E-state index in [0.29, 0.717) is 10.7 Å². The van der Waals surface area contributed by atoms with Gasteiger partial charge < -0.3 is 0 Å². The molecule has 2 unspecified atom stereocenters. The number of sulfonamides is 1. The standard InChI is InChI=1S/C13H24BrNO2S/c1-18(16,17)15-9-3-5-11(10-15)4-2-6-13(14)12-7-8-12/h11-13H,2-10H2,1H3. The monoisotopic (exact) mass is 337 g/mol. The van der Waals surface area contributed by atoms with Crippen molar-refractivity contribution >= 4 is 26.0 Å². The fraction of sp³-hybridized carbons (Fsp3) is 1.00. The van der Waals surface area contributed by atoms with Gasteiger partial charge in [-0.05, 0) is 50.4 Å². The minimum atomic E-state index is -2.98. The highest BCUT2D eigenvalue weighted by atomic mass is 79.9. The van der Waals surface area contributed by atoms with E-state index < -0.39 is 10.0 Å². The van der Waals surface area contributed by atoms with Crippen LogP contribution in [0.1, 0.15) is 44.9 Å². The molecule has 1 saturated heterocycles. The summed E-state index contributed by atoms with van der Waals surface area (Å²) >= 11 is 3.77. The smallest absolute Gasteiger partial charge is 0.211 e. The molecule has 5 heteroatoms. The molecule has 106 valence electrons. The molecule has 1 heterocycles. The molecule has 1 saturated carbocycles. The van der Waals surface area contributed by atoms with Gasteiger partial charge in [0.05, 0.1) is 6.26 Å². The Bertz CT molecular complexity index is 367. The summed E-state index contributed by atoms with van der Waals surface area (Å²) in [5, 5.41) is 0. The molecule has 0 N–H and O–H groups in total. The molecule has 18 heavy (non-hydrogen) atoms. The summed E-state index contributed by atoms with van der Waals surface area (Å²) in [7, 11) is -2.98. The highest BCUT2D eigenvalue weighted by Gasteiger charge is 2.29. The van der Waals surface area contributed by atoms with Crippen molar-refractivity contribution in [3.63, 3.8) is 0 Å². The molecular weight excluding hydrogens is 314 g/mol. The molecule has 2 aliphatic rings. The third-order valence-corrected chi connectivity index (χ3v) is 6.65. The van der Waals surface area contributed by atoms with Crippen LogP contribution in [0.5, 0.6) is 0 Å². The second-order valence-corrected chi connectivity index (χ2v) is 9.07. The molecule has 0 spiro atoms. The molecule has 0 aromatic heterocycles. The van der Waals surface area contributed by atoms with Crippen LogP contribution in [-0.4, -0.2) is 36.9 Å². The van der Waals surface area contributed by atoms with Gasteiger partial charge in [0.15, 0.2) is 0 Å². The van der Waals surface area contributed by atoms with Crippen LogP contribution in [0.15, 0.2) is 0 Å². The molecule has 3 nitrogen and oxygen atoms in total. The van der Waals surface area contributed by atoms with Crippen molar-refractivity contribution in [3.05, 3.63) is 0 Å². The van der Waals surface area contributed by atoms with E-state index in [4.69, 9.17) is 0 Å². The van der Waals surface area contributed by atoms with Crippen molar-refractivity contribution in [2.75, 3.05) is 19.3 Å². The van der Waals surface area contributed by atoms with Crippen molar-refractivity contribution in [1.82, 2.24) is 4.31 Å². The lowest BCUT2D eigenvalue weighted by molar-refractivity contribution is 0.252. The Labute approximate surface area is 119 Å². The van der Waals surface area contributed by atoms with Gasteiger partial charge >= 0.3 is 0 Å². The third kappa shape index (κ3) is 4.49. The Kier molecular flexibility index (Phi) is 5.12. The maximum atomic E-state index is 11.5. The fourth-order valence-electron chi connectivity index (χ4n) is 2.86. The Hall–Kier alpha value is 0.390. The van der Waals surface area contributed by atoms with Gasteiger partial charge in [-0.3, -0.25) is 0 Å². The number of hydrogen-bond donors (Lipinski definition) is 0. The first-order valence-electron chi connectivity index (χ1n) is 7.06. The van der Waals surface area contributed by atoms with E-state index in [0.717, 1.165) is 25.4 Å². The van der Waals surface area contributed by atoms with Gasteiger partial charge in [0, 0.05) is 17.9 Å². The van der Waals surface area contributed by atoms with Crippen molar-refractivity contribution in [2.24, 2.45) is 11.8 Å². The van der Waals surface area contributed by atoms with E-state index in [9.17, 15) is 8.42 Å². The van der Waals surface area contributed by atoms with E-state index in [1.54, 1.807) is 4.31 Å². The van der Waals surface area contributed by atoms with Gasteiger partial charge in [-0.2, -0.15) is 0 Å². The Morgan fingerprint density at radius 1 is 1.33 bits per heavy atom. The number of nitrogens with zero attached hydrogens (tertiary/aromatic N) is 1. The molecule has 2 fully saturated rings. The number of rotatable bonds is 6. The van der Waals surface area contributed by atoms with Gasteiger partial charge in [-0.15, -0.1) is 0 Å². The number of piperidine rings is 1. The average molecular weight is 338 g/mol. The molecule has 0 aromatic rings. The first-order chi connectivity index (χ1) is 8.47. The van der Waals surface area contributed by atoms with Crippen LogP contribution in [-0.2, 0) is 10.0 Å². The predicted molar refractivity (Wildman–Crippen MR) is 78.4 cm³/mol. The Morgan fingerprint density at radius 2 is 2.06 bits per heavy atom. The van der Waals surface area contributed by atoms with E-state index in [-0.39, 0.29) is 0 Å². The van der Waals surface area contributed by atoms with Crippen molar-refractivity contribution in [2.45, 2.75) is 49.8 Å². The summed E-state index contributed by atoms with van der Waals surface area (Å²) in [4.78, 5) is 0.701. The number of halogens is 1. The zero-order valence-electron chi connectivity index (χ0n) is 11.1. The summed E-state index contributed by atoms with van der Waals surface area (Å²) in [6, 6.07) is 0. The van der Waals surface area contributed by atoms with E-state index >= 15 is 0 Å². The van der Waals surface area contributed by atoms with Crippen LogP contribution < -0.4 is 0 Å². The third-order valence-electron chi connectivity index (χ3n) is 4.18. The van der Waals surface area contributed by atoms with Gasteiger partial charge in [-0.1, -0.05) is 22.4 Å². The van der Waals surface area contributed by atoms with Gasteiger partial charge in [0.2, 0.25) is 10.0 Å². The van der Waals surface area contributed by atoms with Gasteiger partial charge in [0.25, 0.3) is 0 Å². The lowest BCUT2D eigenvalue weighted by Gasteiger charge is -2.31. The molecule has 0 radical (unpaired) electrons. The van der Waals surface area contributed by atoms with Gasteiger partial charge in [-0.25, -0.2) is 12.7 Å². The zero-order valence-corrected chi connectivity index (χ0v) is 13.5. The lowest BCUT2D eigenvalue weighted by Crippen LogP contribution is -2.39. The van der Waals surface area contributed by atoms with Crippen LogP contribution in [0, 0.1) is 11.8 Å². The highest BCUT2D eigenvalue weighted by Crippen LogP contribution is 2.39. The maximum Gasteiger partial charge on any atom is 0.211 e. The maximum absolute atomic E-state index is 11.5. The Balaban J connectivity index is 1.69. The zero-order chi connectivity index (χ0) is 13.2. The topological polar surface area (TPSA) is 37.4 Å². The molecule has 0 aromatic carbocycles. The average Bonchev–Trinajstić information content (AvgIpc) is 3.12. The van der Waals surface area contributed by atoms with Crippen LogP contribution >= 0.6 is 15.9 Å².